The molecule has 0 saturated carbocycles. The summed E-state index contributed by atoms with van der Waals surface area (Å²) >= 11 is 1.54. The molecule has 2 aromatic heterocycles. The second-order valence-corrected chi connectivity index (χ2v) is 4.36. The summed E-state index contributed by atoms with van der Waals surface area (Å²) in [5.74, 6) is -1.02. The van der Waals surface area contributed by atoms with E-state index in [0.717, 1.165) is 15.8 Å². The number of nitrogens with one attached hydrogen (secondary N) is 1. The Balaban J connectivity index is 2.19. The number of benzene rings is 1. The molecule has 0 radical (unpaired) electrons. The molecule has 84 valence electrons. The van der Waals surface area contributed by atoms with Gasteiger partial charge in [0.15, 0.2) is 0 Å². The molecule has 3 rings (SSSR count). The number of para-hydroxylation sites is 1. The standard InChI is InChI=1S/C11H7N3O2S/c15-11(16)8-4-7(13-14-8)6-2-1-3-9-10(6)12-5-17-9/h1-5H,(H,13,14)(H,15,16). The number of carboxylic acids is 1. The van der Waals surface area contributed by atoms with Crippen molar-refractivity contribution in [3.8, 4) is 11.3 Å². The Morgan fingerprint density at radius 3 is 3.06 bits per heavy atom. The van der Waals surface area contributed by atoms with Gasteiger partial charge in [0.25, 0.3) is 0 Å². The second-order valence-electron chi connectivity index (χ2n) is 3.48. The minimum absolute atomic E-state index is 0.0761. The summed E-state index contributed by atoms with van der Waals surface area (Å²) in [4.78, 5) is 15.0. The van der Waals surface area contributed by atoms with Crippen molar-refractivity contribution in [1.29, 1.82) is 0 Å². The van der Waals surface area contributed by atoms with Crippen LogP contribution in [0.4, 0.5) is 0 Å². The Labute approximate surface area is 99.7 Å². The van der Waals surface area contributed by atoms with Gasteiger partial charge in [-0.2, -0.15) is 5.10 Å². The number of hydrogen-bond donors (Lipinski definition) is 2. The first-order valence-corrected chi connectivity index (χ1v) is 5.75. The van der Waals surface area contributed by atoms with Crippen LogP contribution in [0.5, 0.6) is 0 Å². The van der Waals surface area contributed by atoms with Crippen molar-refractivity contribution < 1.29 is 9.90 Å². The molecule has 0 spiro atoms. The predicted octanol–water partition coefficient (Wildman–Crippen LogP) is 2.38. The first-order chi connectivity index (χ1) is 8.25. The molecule has 17 heavy (non-hydrogen) atoms. The number of nitrogens with zero attached hydrogens (tertiary/aromatic N) is 2. The summed E-state index contributed by atoms with van der Waals surface area (Å²) in [6.07, 6.45) is 0. The first-order valence-electron chi connectivity index (χ1n) is 4.87. The number of thiazole rings is 1. The summed E-state index contributed by atoms with van der Waals surface area (Å²) in [5.41, 5.74) is 4.12. The zero-order valence-corrected chi connectivity index (χ0v) is 9.36. The summed E-state index contributed by atoms with van der Waals surface area (Å²) in [6.45, 7) is 0. The molecule has 2 heterocycles. The van der Waals surface area contributed by atoms with E-state index in [2.05, 4.69) is 15.2 Å². The van der Waals surface area contributed by atoms with Crippen molar-refractivity contribution in [2.24, 2.45) is 0 Å². The van der Waals surface area contributed by atoms with Crippen molar-refractivity contribution in [3.05, 3.63) is 35.5 Å². The van der Waals surface area contributed by atoms with E-state index in [1.807, 2.05) is 18.2 Å². The van der Waals surface area contributed by atoms with Crippen LogP contribution in [0.25, 0.3) is 21.5 Å². The van der Waals surface area contributed by atoms with Crippen molar-refractivity contribution in [3.63, 3.8) is 0 Å². The molecule has 0 aliphatic rings. The monoisotopic (exact) mass is 245 g/mol. The highest BCUT2D eigenvalue weighted by molar-refractivity contribution is 7.16. The molecule has 1 aromatic carbocycles. The van der Waals surface area contributed by atoms with Crippen LogP contribution >= 0.6 is 11.3 Å². The molecule has 0 atom stereocenters. The third-order valence-corrected chi connectivity index (χ3v) is 3.24. The Morgan fingerprint density at radius 1 is 1.41 bits per heavy atom. The van der Waals surface area contributed by atoms with E-state index in [1.54, 1.807) is 16.8 Å². The van der Waals surface area contributed by atoms with E-state index in [4.69, 9.17) is 5.11 Å². The smallest absolute Gasteiger partial charge is 0.353 e. The van der Waals surface area contributed by atoms with E-state index in [-0.39, 0.29) is 5.69 Å². The van der Waals surface area contributed by atoms with Gasteiger partial charge in [0, 0.05) is 5.56 Å². The number of carboxylic acid groups (broad SMARTS) is 1. The highest BCUT2D eigenvalue weighted by Gasteiger charge is 2.12. The lowest BCUT2D eigenvalue weighted by atomic mass is 10.1. The maximum Gasteiger partial charge on any atom is 0.353 e. The van der Waals surface area contributed by atoms with E-state index in [9.17, 15) is 4.79 Å². The zero-order chi connectivity index (χ0) is 11.8. The summed E-state index contributed by atoms with van der Waals surface area (Å²) < 4.78 is 1.06. The average Bonchev–Trinajstić information content (AvgIpc) is 2.97. The highest BCUT2D eigenvalue weighted by Crippen LogP contribution is 2.28. The van der Waals surface area contributed by atoms with Crippen LogP contribution in [-0.2, 0) is 0 Å². The fourth-order valence-corrected chi connectivity index (χ4v) is 2.37. The molecule has 0 fully saturated rings. The first kappa shape index (κ1) is 9.98. The quantitative estimate of drug-likeness (QED) is 0.726. The molecule has 5 nitrogen and oxygen atoms in total. The highest BCUT2D eigenvalue weighted by atomic mass is 32.1. The van der Waals surface area contributed by atoms with Gasteiger partial charge in [-0.1, -0.05) is 12.1 Å². The van der Waals surface area contributed by atoms with Gasteiger partial charge in [-0.15, -0.1) is 11.3 Å². The Morgan fingerprint density at radius 2 is 2.29 bits per heavy atom. The van der Waals surface area contributed by atoms with Gasteiger partial charge in [-0.3, -0.25) is 5.10 Å². The van der Waals surface area contributed by atoms with E-state index >= 15 is 0 Å². The molecule has 0 amide bonds. The molecule has 0 saturated heterocycles. The molecule has 3 aromatic rings. The molecular formula is C11H7N3O2S. The minimum Gasteiger partial charge on any atom is -0.477 e. The van der Waals surface area contributed by atoms with E-state index < -0.39 is 5.97 Å². The van der Waals surface area contributed by atoms with Gasteiger partial charge >= 0.3 is 5.97 Å². The maximum atomic E-state index is 10.8. The van der Waals surface area contributed by atoms with Gasteiger partial charge in [0.1, 0.15) is 5.69 Å². The lowest BCUT2D eigenvalue weighted by Crippen LogP contribution is -1.95. The van der Waals surface area contributed by atoms with Crippen LogP contribution in [0.1, 0.15) is 10.5 Å². The number of H-pyrrole nitrogens is 1. The number of rotatable bonds is 2. The maximum absolute atomic E-state index is 10.8. The number of hydrogen-bond acceptors (Lipinski definition) is 4. The van der Waals surface area contributed by atoms with Gasteiger partial charge in [0.2, 0.25) is 0 Å². The molecule has 0 bridgehead atoms. The van der Waals surface area contributed by atoms with Crippen LogP contribution in [0.2, 0.25) is 0 Å². The normalized spacial score (nSPS) is 10.8. The van der Waals surface area contributed by atoms with Crippen molar-refractivity contribution in [2.75, 3.05) is 0 Å². The van der Waals surface area contributed by atoms with Crippen LogP contribution in [0.3, 0.4) is 0 Å². The van der Waals surface area contributed by atoms with E-state index in [1.165, 1.54) is 6.07 Å². The Kier molecular flexibility index (Phi) is 2.15. The van der Waals surface area contributed by atoms with Crippen LogP contribution in [0.15, 0.2) is 29.8 Å². The minimum atomic E-state index is -1.02. The molecular weight excluding hydrogens is 238 g/mol. The Bertz CT molecular complexity index is 701. The SMILES string of the molecule is O=C(O)c1cc(-c2cccc3scnc23)n[nH]1. The van der Waals surface area contributed by atoms with Gasteiger partial charge in [-0.25, -0.2) is 9.78 Å². The van der Waals surface area contributed by atoms with Crippen LogP contribution < -0.4 is 0 Å². The largest absolute Gasteiger partial charge is 0.477 e. The number of carbonyl (C=O) groups is 1. The van der Waals surface area contributed by atoms with Gasteiger partial charge in [-0.05, 0) is 12.1 Å². The molecule has 6 heteroatoms. The van der Waals surface area contributed by atoms with Gasteiger partial charge in [0.05, 0.1) is 21.4 Å². The summed E-state index contributed by atoms with van der Waals surface area (Å²) in [5, 5.41) is 15.3. The number of aromatic nitrogens is 3. The topological polar surface area (TPSA) is 78.9 Å². The number of aromatic carboxylic acids is 1. The second kappa shape index (κ2) is 3.67. The zero-order valence-electron chi connectivity index (χ0n) is 8.54. The fraction of sp³-hybridized carbons (Fsp3) is 0. The van der Waals surface area contributed by atoms with Gasteiger partial charge < -0.3 is 5.11 Å². The molecule has 2 N–H and O–H groups in total. The van der Waals surface area contributed by atoms with Crippen molar-refractivity contribution in [2.45, 2.75) is 0 Å². The van der Waals surface area contributed by atoms with E-state index in [0.29, 0.717) is 5.69 Å². The lowest BCUT2D eigenvalue weighted by molar-refractivity contribution is 0.0690. The van der Waals surface area contributed by atoms with Crippen LogP contribution in [0, 0.1) is 0 Å². The predicted molar refractivity (Wildman–Crippen MR) is 64.2 cm³/mol. The summed E-state index contributed by atoms with van der Waals surface area (Å²) in [7, 11) is 0. The molecule has 0 aliphatic carbocycles. The lowest BCUT2D eigenvalue weighted by Gasteiger charge is -1.96. The average molecular weight is 245 g/mol. The third-order valence-electron chi connectivity index (χ3n) is 2.44. The third kappa shape index (κ3) is 1.58. The fourth-order valence-electron chi connectivity index (χ4n) is 1.66. The molecule has 0 aliphatic heterocycles. The number of aromatic amines is 1. The Hall–Kier alpha value is -2.21. The number of fused-ring (bicyclic) bond motifs is 1. The summed E-state index contributed by atoms with van der Waals surface area (Å²) in [6, 6.07) is 7.27. The van der Waals surface area contributed by atoms with Crippen molar-refractivity contribution in [1.82, 2.24) is 15.2 Å². The van der Waals surface area contributed by atoms with Crippen molar-refractivity contribution >= 4 is 27.5 Å². The molecule has 0 unspecified atom stereocenters. The van der Waals surface area contributed by atoms with Crippen LogP contribution in [-0.4, -0.2) is 26.3 Å².